The molecule has 5 nitrogen and oxygen atoms in total. The minimum Gasteiger partial charge on any atom is -0.495 e. The number of hydrogen-bond donors (Lipinski definition) is 0. The van der Waals surface area contributed by atoms with Crippen molar-refractivity contribution in [2.75, 3.05) is 38.2 Å². The number of carbonyl (C=O) groups excluding carboxylic acids is 1. The second-order valence-corrected chi connectivity index (χ2v) is 6.24. The fourth-order valence-corrected chi connectivity index (χ4v) is 3.43. The number of aromatic nitrogens is 1. The van der Waals surface area contributed by atoms with E-state index in [1.807, 2.05) is 34.0 Å². The number of amides is 1. The third-order valence-corrected chi connectivity index (χ3v) is 4.77. The van der Waals surface area contributed by atoms with E-state index in [9.17, 15) is 4.79 Å². The predicted octanol–water partition coefficient (Wildman–Crippen LogP) is 2.43. The number of para-hydroxylation sites is 2. The monoisotopic (exact) mass is 331 g/mol. The van der Waals surface area contributed by atoms with Crippen LogP contribution >= 0.6 is 11.3 Å². The highest BCUT2D eigenvalue weighted by Crippen LogP contribution is 2.28. The molecular formula is C17H21N3O2S. The van der Waals surface area contributed by atoms with E-state index in [2.05, 4.69) is 16.0 Å². The lowest BCUT2D eigenvalue weighted by Crippen LogP contribution is -2.48. The summed E-state index contributed by atoms with van der Waals surface area (Å²) >= 11 is 1.57. The normalized spacial score (nSPS) is 14.8. The van der Waals surface area contributed by atoms with Gasteiger partial charge in [0.25, 0.3) is 0 Å². The smallest absolute Gasteiger partial charge is 0.223 e. The minimum atomic E-state index is 0.220. The first-order valence-electron chi connectivity index (χ1n) is 7.80. The van der Waals surface area contributed by atoms with Crippen molar-refractivity contribution >= 4 is 22.9 Å². The first-order valence-corrected chi connectivity index (χ1v) is 8.75. The Balaban J connectivity index is 1.52. The molecule has 0 saturated carbocycles. The van der Waals surface area contributed by atoms with Crippen molar-refractivity contribution in [2.45, 2.75) is 12.8 Å². The molecule has 6 heteroatoms. The van der Waals surface area contributed by atoms with Gasteiger partial charge in [-0.1, -0.05) is 12.1 Å². The van der Waals surface area contributed by atoms with E-state index in [0.717, 1.165) is 49.7 Å². The number of ether oxygens (including phenoxy) is 1. The van der Waals surface area contributed by atoms with Gasteiger partial charge in [0.2, 0.25) is 5.91 Å². The zero-order valence-electron chi connectivity index (χ0n) is 13.3. The highest BCUT2D eigenvalue weighted by molar-refractivity contribution is 7.07. The van der Waals surface area contributed by atoms with Gasteiger partial charge in [-0.2, -0.15) is 0 Å². The summed E-state index contributed by atoms with van der Waals surface area (Å²) in [4.78, 5) is 20.8. The predicted molar refractivity (Wildman–Crippen MR) is 92.2 cm³/mol. The Bertz CT molecular complexity index is 637. The van der Waals surface area contributed by atoms with Crippen molar-refractivity contribution in [3.63, 3.8) is 0 Å². The van der Waals surface area contributed by atoms with Gasteiger partial charge in [0, 0.05) is 38.0 Å². The average molecular weight is 331 g/mol. The molecule has 0 unspecified atom stereocenters. The molecule has 2 aromatic rings. The summed E-state index contributed by atoms with van der Waals surface area (Å²) in [6.07, 6.45) is 1.27. The first-order chi connectivity index (χ1) is 11.3. The first kappa shape index (κ1) is 15.8. The lowest BCUT2D eigenvalue weighted by Gasteiger charge is -2.36. The number of anilines is 1. The SMILES string of the molecule is COc1ccccc1N1CCN(C(=O)CCc2cscn2)CC1. The van der Waals surface area contributed by atoms with Crippen LogP contribution in [0, 0.1) is 0 Å². The molecule has 0 spiro atoms. The van der Waals surface area contributed by atoms with E-state index in [4.69, 9.17) is 4.74 Å². The zero-order chi connectivity index (χ0) is 16.1. The molecule has 0 radical (unpaired) electrons. The summed E-state index contributed by atoms with van der Waals surface area (Å²) < 4.78 is 5.42. The topological polar surface area (TPSA) is 45.7 Å². The number of aryl methyl sites for hydroxylation is 1. The number of nitrogens with zero attached hydrogens (tertiary/aromatic N) is 3. The number of thiazole rings is 1. The molecule has 1 amide bonds. The van der Waals surface area contributed by atoms with Gasteiger partial charge in [-0.3, -0.25) is 4.79 Å². The second kappa shape index (κ2) is 7.46. The molecule has 1 fully saturated rings. The zero-order valence-corrected chi connectivity index (χ0v) is 14.1. The lowest BCUT2D eigenvalue weighted by molar-refractivity contribution is -0.131. The van der Waals surface area contributed by atoms with Crippen LogP contribution in [-0.4, -0.2) is 49.1 Å². The van der Waals surface area contributed by atoms with E-state index < -0.39 is 0 Å². The molecule has 1 aliphatic rings. The summed E-state index contributed by atoms with van der Waals surface area (Å²) in [5.74, 6) is 1.11. The molecule has 1 aliphatic heterocycles. The third kappa shape index (κ3) is 3.82. The molecule has 122 valence electrons. The van der Waals surface area contributed by atoms with Crippen molar-refractivity contribution < 1.29 is 9.53 Å². The van der Waals surface area contributed by atoms with Crippen LogP contribution in [0.5, 0.6) is 5.75 Å². The van der Waals surface area contributed by atoms with Crippen LogP contribution in [0.2, 0.25) is 0 Å². The molecule has 1 aromatic carbocycles. The molecule has 0 atom stereocenters. The van der Waals surface area contributed by atoms with Crippen molar-refractivity contribution in [1.29, 1.82) is 0 Å². The fourth-order valence-electron chi connectivity index (χ4n) is 2.84. The van der Waals surface area contributed by atoms with Crippen molar-refractivity contribution in [1.82, 2.24) is 9.88 Å². The molecule has 1 saturated heterocycles. The van der Waals surface area contributed by atoms with Crippen molar-refractivity contribution in [3.8, 4) is 5.75 Å². The van der Waals surface area contributed by atoms with Gasteiger partial charge in [-0.25, -0.2) is 4.98 Å². The maximum absolute atomic E-state index is 12.3. The minimum absolute atomic E-state index is 0.220. The Morgan fingerprint density at radius 3 is 2.74 bits per heavy atom. The number of carbonyl (C=O) groups is 1. The van der Waals surface area contributed by atoms with Gasteiger partial charge in [-0.05, 0) is 18.6 Å². The van der Waals surface area contributed by atoms with E-state index >= 15 is 0 Å². The van der Waals surface area contributed by atoms with E-state index in [-0.39, 0.29) is 5.91 Å². The van der Waals surface area contributed by atoms with Gasteiger partial charge >= 0.3 is 0 Å². The van der Waals surface area contributed by atoms with Gasteiger partial charge in [0.05, 0.1) is 24.0 Å². The van der Waals surface area contributed by atoms with Crippen molar-refractivity contribution in [2.24, 2.45) is 0 Å². The molecular weight excluding hydrogens is 310 g/mol. The van der Waals surface area contributed by atoms with Gasteiger partial charge < -0.3 is 14.5 Å². The second-order valence-electron chi connectivity index (χ2n) is 5.52. The van der Waals surface area contributed by atoms with Crippen LogP contribution in [0.15, 0.2) is 35.2 Å². The largest absolute Gasteiger partial charge is 0.495 e. The Labute approximate surface area is 140 Å². The van der Waals surface area contributed by atoms with Crippen LogP contribution < -0.4 is 9.64 Å². The summed E-state index contributed by atoms with van der Waals surface area (Å²) in [5.41, 5.74) is 3.92. The molecule has 23 heavy (non-hydrogen) atoms. The average Bonchev–Trinajstić information content (AvgIpc) is 3.13. The van der Waals surface area contributed by atoms with Crippen LogP contribution in [-0.2, 0) is 11.2 Å². The number of benzene rings is 1. The maximum atomic E-state index is 12.3. The van der Waals surface area contributed by atoms with E-state index in [1.54, 1.807) is 18.4 Å². The summed E-state index contributed by atoms with van der Waals surface area (Å²) in [7, 11) is 1.69. The number of piperazine rings is 1. The molecule has 0 N–H and O–H groups in total. The van der Waals surface area contributed by atoms with Gasteiger partial charge in [0.1, 0.15) is 5.75 Å². The number of rotatable bonds is 5. The van der Waals surface area contributed by atoms with Crippen LogP contribution in [0.1, 0.15) is 12.1 Å². The highest BCUT2D eigenvalue weighted by Gasteiger charge is 2.22. The maximum Gasteiger partial charge on any atom is 0.223 e. The summed E-state index contributed by atoms with van der Waals surface area (Å²) in [6, 6.07) is 8.03. The van der Waals surface area contributed by atoms with E-state index in [0.29, 0.717) is 6.42 Å². The Kier molecular flexibility index (Phi) is 5.12. The van der Waals surface area contributed by atoms with Crippen molar-refractivity contribution in [3.05, 3.63) is 40.8 Å². The highest BCUT2D eigenvalue weighted by atomic mass is 32.1. The Morgan fingerprint density at radius 2 is 2.04 bits per heavy atom. The van der Waals surface area contributed by atoms with Gasteiger partial charge in [0.15, 0.2) is 0 Å². The van der Waals surface area contributed by atoms with Crippen LogP contribution in [0.25, 0.3) is 0 Å². The molecule has 3 rings (SSSR count). The quantitative estimate of drug-likeness (QED) is 0.844. The fraction of sp³-hybridized carbons (Fsp3) is 0.412. The lowest BCUT2D eigenvalue weighted by atomic mass is 10.2. The third-order valence-electron chi connectivity index (χ3n) is 4.14. The number of hydrogen-bond acceptors (Lipinski definition) is 5. The molecule has 0 aliphatic carbocycles. The summed E-state index contributed by atoms with van der Waals surface area (Å²) in [6.45, 7) is 3.19. The Morgan fingerprint density at radius 1 is 1.26 bits per heavy atom. The molecule has 0 bridgehead atoms. The number of methoxy groups -OCH3 is 1. The van der Waals surface area contributed by atoms with Crippen LogP contribution in [0.4, 0.5) is 5.69 Å². The molecule has 2 heterocycles. The van der Waals surface area contributed by atoms with E-state index in [1.165, 1.54) is 0 Å². The van der Waals surface area contributed by atoms with Crippen LogP contribution in [0.3, 0.4) is 0 Å². The molecule has 1 aromatic heterocycles. The standard InChI is InChI=1S/C17H21N3O2S/c1-22-16-5-3-2-4-15(16)19-8-10-20(11-9-19)17(21)7-6-14-12-23-13-18-14/h2-5,12-13H,6-11H2,1H3. The van der Waals surface area contributed by atoms with Gasteiger partial charge in [-0.15, -0.1) is 11.3 Å². The summed E-state index contributed by atoms with van der Waals surface area (Å²) in [5, 5.41) is 2.01. The Hall–Kier alpha value is -2.08.